The monoisotopic (exact) mass is 328 g/mol. The van der Waals surface area contributed by atoms with Gasteiger partial charge in [-0.25, -0.2) is 4.89 Å². The van der Waals surface area contributed by atoms with Gasteiger partial charge in [-0.1, -0.05) is 70.1 Å². The fraction of sp³-hybridized carbons (Fsp3) is 0.647. The van der Waals surface area contributed by atoms with Gasteiger partial charge in [0, 0.05) is 0 Å². The molecule has 0 heterocycles. The molecule has 1 rings (SSSR count). The maximum absolute atomic E-state index is 11.9. The van der Waals surface area contributed by atoms with Crippen LogP contribution in [0, 0.1) is 0 Å². The molecule has 0 aliphatic heterocycles. The van der Waals surface area contributed by atoms with Gasteiger partial charge < -0.3 is 0 Å². The predicted octanol–water partition coefficient (Wildman–Crippen LogP) is 4.85. The smallest absolute Gasteiger partial charge is 0.217 e. The van der Waals surface area contributed by atoms with E-state index in [1.165, 1.54) is 44.2 Å². The Balaban J connectivity index is 2.16. The van der Waals surface area contributed by atoms with Gasteiger partial charge in [-0.15, -0.1) is 4.33 Å². The molecular weight excluding hydrogens is 300 g/mol. The third-order valence-electron chi connectivity index (χ3n) is 3.54. The van der Waals surface area contributed by atoms with Crippen LogP contribution < -0.4 is 0 Å². The summed E-state index contributed by atoms with van der Waals surface area (Å²) in [7, 11) is -3.82. The minimum atomic E-state index is -3.82. The molecule has 22 heavy (non-hydrogen) atoms. The molecule has 0 spiro atoms. The Kier molecular flexibility index (Phi) is 9.36. The van der Waals surface area contributed by atoms with Crippen LogP contribution in [0.4, 0.5) is 0 Å². The van der Waals surface area contributed by atoms with Crippen molar-refractivity contribution in [2.24, 2.45) is 0 Å². The topological polar surface area (TPSA) is 52.6 Å². The van der Waals surface area contributed by atoms with Crippen LogP contribution in [0.1, 0.15) is 65.2 Å². The fourth-order valence-electron chi connectivity index (χ4n) is 2.18. The first kappa shape index (κ1) is 19.1. The van der Waals surface area contributed by atoms with Gasteiger partial charge >= 0.3 is 10.1 Å². The van der Waals surface area contributed by atoms with E-state index >= 15 is 0 Å². The first-order chi connectivity index (χ1) is 10.6. The Labute approximate surface area is 134 Å². The second-order valence-electron chi connectivity index (χ2n) is 5.65. The molecule has 0 aromatic heterocycles. The van der Waals surface area contributed by atoms with Gasteiger partial charge in [0.2, 0.25) is 0 Å². The Bertz CT molecular complexity index is 485. The molecule has 0 saturated heterocycles. The van der Waals surface area contributed by atoms with E-state index in [4.69, 9.17) is 4.89 Å². The first-order valence-corrected chi connectivity index (χ1v) is 9.62. The van der Waals surface area contributed by atoms with Crippen LogP contribution >= 0.6 is 0 Å². The van der Waals surface area contributed by atoms with Gasteiger partial charge in [-0.3, -0.25) is 0 Å². The standard InChI is InChI=1S/C17H28O4S/c1-3-4-5-6-7-8-10-13-16(2)20-21-22(18,19)17-14-11-9-12-15-17/h9,11-12,14-16H,3-8,10,13H2,1-2H3. The molecule has 1 aromatic rings. The van der Waals surface area contributed by atoms with Gasteiger partial charge in [0.15, 0.2) is 0 Å². The summed E-state index contributed by atoms with van der Waals surface area (Å²) in [4.78, 5) is 5.13. The molecule has 0 aliphatic rings. The SMILES string of the molecule is CCCCCCCCCC(C)OOS(=O)(=O)c1ccccc1. The largest absolute Gasteiger partial charge is 0.323 e. The van der Waals surface area contributed by atoms with Crippen molar-refractivity contribution in [1.82, 2.24) is 0 Å². The van der Waals surface area contributed by atoms with Crippen molar-refractivity contribution >= 4 is 10.1 Å². The highest BCUT2D eigenvalue weighted by atomic mass is 32.2. The van der Waals surface area contributed by atoms with Crippen molar-refractivity contribution in [2.45, 2.75) is 76.2 Å². The molecule has 0 saturated carbocycles. The summed E-state index contributed by atoms with van der Waals surface area (Å²) in [6, 6.07) is 8.03. The average molecular weight is 328 g/mol. The molecule has 0 radical (unpaired) electrons. The number of hydrogen-bond acceptors (Lipinski definition) is 4. The molecule has 0 bridgehead atoms. The fourth-order valence-corrected chi connectivity index (χ4v) is 2.99. The summed E-state index contributed by atoms with van der Waals surface area (Å²) in [5.74, 6) is 0. The zero-order valence-corrected chi connectivity index (χ0v) is 14.5. The molecule has 126 valence electrons. The summed E-state index contributed by atoms with van der Waals surface area (Å²) in [6.07, 6.45) is 9.15. The van der Waals surface area contributed by atoms with Crippen molar-refractivity contribution < 1.29 is 17.6 Å². The molecule has 0 amide bonds. The highest BCUT2D eigenvalue weighted by Crippen LogP contribution is 2.15. The highest BCUT2D eigenvalue weighted by molar-refractivity contribution is 7.86. The normalized spacial score (nSPS) is 13.2. The average Bonchev–Trinajstić information content (AvgIpc) is 2.53. The maximum atomic E-state index is 11.9. The molecule has 1 aromatic carbocycles. The van der Waals surface area contributed by atoms with E-state index in [0.717, 1.165) is 19.3 Å². The van der Waals surface area contributed by atoms with Gasteiger partial charge in [0.05, 0.1) is 11.0 Å². The van der Waals surface area contributed by atoms with Crippen molar-refractivity contribution in [3.05, 3.63) is 30.3 Å². The van der Waals surface area contributed by atoms with Gasteiger partial charge in [0.1, 0.15) is 0 Å². The van der Waals surface area contributed by atoms with E-state index in [2.05, 4.69) is 11.3 Å². The second kappa shape index (κ2) is 10.8. The Hall–Kier alpha value is -0.910. The van der Waals surface area contributed by atoms with Gasteiger partial charge in [-0.05, 0) is 25.5 Å². The van der Waals surface area contributed by atoms with E-state index in [-0.39, 0.29) is 11.0 Å². The van der Waals surface area contributed by atoms with E-state index < -0.39 is 10.1 Å². The quantitative estimate of drug-likeness (QED) is 0.312. The van der Waals surface area contributed by atoms with Crippen LogP contribution in [0.3, 0.4) is 0 Å². The lowest BCUT2D eigenvalue weighted by Crippen LogP contribution is -2.14. The minimum absolute atomic E-state index is 0.109. The van der Waals surface area contributed by atoms with Crippen molar-refractivity contribution in [3.8, 4) is 0 Å². The molecule has 1 atom stereocenters. The van der Waals surface area contributed by atoms with Crippen molar-refractivity contribution in [3.63, 3.8) is 0 Å². The number of hydrogen-bond donors (Lipinski definition) is 0. The minimum Gasteiger partial charge on any atom is -0.217 e. The van der Waals surface area contributed by atoms with E-state index in [9.17, 15) is 8.42 Å². The number of unbranched alkanes of at least 4 members (excludes halogenated alkanes) is 6. The third-order valence-corrected chi connectivity index (χ3v) is 4.65. The van der Waals surface area contributed by atoms with Crippen LogP contribution in [0.2, 0.25) is 0 Å². The Morgan fingerprint density at radius 2 is 1.55 bits per heavy atom. The van der Waals surface area contributed by atoms with E-state index in [1.54, 1.807) is 18.2 Å². The number of benzene rings is 1. The second-order valence-corrected chi connectivity index (χ2v) is 7.17. The lowest BCUT2D eigenvalue weighted by Gasteiger charge is -2.11. The molecular formula is C17H28O4S. The molecule has 0 fully saturated rings. The molecule has 5 heteroatoms. The zero-order valence-electron chi connectivity index (χ0n) is 13.7. The van der Waals surface area contributed by atoms with E-state index in [0.29, 0.717) is 0 Å². The molecule has 0 N–H and O–H groups in total. The summed E-state index contributed by atoms with van der Waals surface area (Å²) in [6.45, 7) is 4.04. The van der Waals surface area contributed by atoms with Crippen LogP contribution in [0.5, 0.6) is 0 Å². The Morgan fingerprint density at radius 3 is 2.18 bits per heavy atom. The molecule has 0 aliphatic carbocycles. The van der Waals surface area contributed by atoms with Crippen LogP contribution in [-0.2, 0) is 19.3 Å². The molecule has 4 nitrogen and oxygen atoms in total. The highest BCUT2D eigenvalue weighted by Gasteiger charge is 2.17. The van der Waals surface area contributed by atoms with Crippen molar-refractivity contribution in [2.75, 3.05) is 0 Å². The van der Waals surface area contributed by atoms with E-state index in [1.807, 2.05) is 6.92 Å². The van der Waals surface area contributed by atoms with Crippen LogP contribution in [-0.4, -0.2) is 14.5 Å². The van der Waals surface area contributed by atoms with Crippen molar-refractivity contribution in [1.29, 1.82) is 0 Å². The zero-order chi connectivity index (χ0) is 16.3. The lowest BCUT2D eigenvalue weighted by molar-refractivity contribution is -0.236. The van der Waals surface area contributed by atoms with Crippen LogP contribution in [0.25, 0.3) is 0 Å². The third kappa shape index (κ3) is 7.92. The number of rotatable bonds is 12. The van der Waals surface area contributed by atoms with Gasteiger partial charge in [-0.2, -0.15) is 8.42 Å². The predicted molar refractivity (Wildman–Crippen MR) is 87.9 cm³/mol. The maximum Gasteiger partial charge on any atom is 0.323 e. The van der Waals surface area contributed by atoms with Crippen LogP contribution in [0.15, 0.2) is 35.2 Å². The molecule has 1 unspecified atom stereocenters. The summed E-state index contributed by atoms with van der Waals surface area (Å²) in [5.41, 5.74) is 0. The lowest BCUT2D eigenvalue weighted by atomic mass is 10.1. The Morgan fingerprint density at radius 1 is 0.955 bits per heavy atom. The first-order valence-electron chi connectivity index (χ1n) is 8.21. The summed E-state index contributed by atoms with van der Waals surface area (Å²) >= 11 is 0. The summed E-state index contributed by atoms with van der Waals surface area (Å²) in [5, 5.41) is 0. The van der Waals surface area contributed by atoms with Gasteiger partial charge in [0.25, 0.3) is 0 Å². The summed E-state index contributed by atoms with van der Waals surface area (Å²) < 4.78 is 28.4.